The molecule has 3 rings (SSSR count). The molecule has 0 aliphatic carbocycles. The molecule has 2 aliphatic rings. The smallest absolute Gasteiger partial charge is 0.431 e. The number of ether oxygens (including phenoxy) is 1. The molecule has 1 aromatic rings. The zero-order valence-electron chi connectivity index (χ0n) is 14.6. The molecule has 0 bridgehead atoms. The summed E-state index contributed by atoms with van der Waals surface area (Å²) in [5, 5.41) is -0.0143. The predicted octanol–water partition coefficient (Wildman–Crippen LogP) is 4.12. The summed E-state index contributed by atoms with van der Waals surface area (Å²) in [6, 6.07) is 1.64. The van der Waals surface area contributed by atoms with Crippen LogP contribution in [0.15, 0.2) is 28.9 Å². The van der Waals surface area contributed by atoms with Gasteiger partial charge in [0, 0.05) is 18.7 Å². The Bertz CT molecular complexity index is 851. The summed E-state index contributed by atoms with van der Waals surface area (Å²) in [7, 11) is 0. The number of guanidine groups is 1. The number of fused-ring (bicyclic) bond motifs is 1. The zero-order chi connectivity index (χ0) is 20.1. The lowest BCUT2D eigenvalue weighted by Gasteiger charge is -2.35. The van der Waals surface area contributed by atoms with Crippen molar-refractivity contribution in [2.24, 2.45) is 4.99 Å². The van der Waals surface area contributed by atoms with Crippen LogP contribution in [0.4, 0.5) is 23.2 Å². The highest BCUT2D eigenvalue weighted by Crippen LogP contribution is 2.39. The Morgan fingerprint density at radius 2 is 2.00 bits per heavy atom. The molecule has 10 heteroatoms. The third-order valence-electron chi connectivity index (χ3n) is 3.89. The SMILES string of the molecule is CC1CN2C(C(F)(F)F)=CC(=O)N(c3cc(OC(C)C)c(Cl)cc3F)C2=N1. The Balaban J connectivity index is 2.13. The Kier molecular flexibility index (Phi) is 4.83. The highest BCUT2D eigenvalue weighted by atomic mass is 35.5. The molecule has 1 atom stereocenters. The van der Waals surface area contributed by atoms with Gasteiger partial charge in [0.15, 0.2) is 0 Å². The van der Waals surface area contributed by atoms with Crippen molar-refractivity contribution in [3.63, 3.8) is 0 Å². The molecule has 0 saturated heterocycles. The second-order valence-electron chi connectivity index (χ2n) is 6.49. The lowest BCUT2D eigenvalue weighted by Crippen LogP contribution is -2.51. The van der Waals surface area contributed by atoms with Gasteiger partial charge in [-0.25, -0.2) is 14.3 Å². The van der Waals surface area contributed by atoms with Crippen LogP contribution in [0.25, 0.3) is 0 Å². The van der Waals surface area contributed by atoms with Crippen molar-refractivity contribution in [3.8, 4) is 5.75 Å². The number of allylic oxidation sites excluding steroid dienone is 1. The Morgan fingerprint density at radius 1 is 1.33 bits per heavy atom. The third-order valence-corrected chi connectivity index (χ3v) is 4.19. The Hall–Kier alpha value is -2.29. The normalized spacial score (nSPS) is 20.0. The van der Waals surface area contributed by atoms with Gasteiger partial charge in [0.25, 0.3) is 5.91 Å². The summed E-state index contributed by atoms with van der Waals surface area (Å²) in [5.74, 6) is -2.10. The molecule has 1 amide bonds. The van der Waals surface area contributed by atoms with Gasteiger partial charge in [0.2, 0.25) is 5.96 Å². The van der Waals surface area contributed by atoms with E-state index in [1.54, 1.807) is 20.8 Å². The quantitative estimate of drug-likeness (QED) is 0.711. The molecule has 27 heavy (non-hydrogen) atoms. The van der Waals surface area contributed by atoms with Crippen LogP contribution >= 0.6 is 11.6 Å². The van der Waals surface area contributed by atoms with Crippen molar-refractivity contribution in [2.75, 3.05) is 11.4 Å². The molecule has 146 valence electrons. The minimum absolute atomic E-state index is 0.0143. The molecule has 0 fully saturated rings. The highest BCUT2D eigenvalue weighted by molar-refractivity contribution is 6.32. The minimum atomic E-state index is -4.74. The first kappa shape index (κ1) is 19.5. The van der Waals surface area contributed by atoms with Crippen molar-refractivity contribution >= 4 is 29.2 Å². The van der Waals surface area contributed by atoms with Crippen LogP contribution < -0.4 is 9.64 Å². The summed E-state index contributed by atoms with van der Waals surface area (Å²) < 4.78 is 60.0. The van der Waals surface area contributed by atoms with Gasteiger partial charge in [0.05, 0.1) is 22.9 Å². The number of anilines is 1. The highest BCUT2D eigenvalue weighted by Gasteiger charge is 2.48. The molecule has 0 N–H and O–H groups in total. The van der Waals surface area contributed by atoms with Crippen LogP contribution in [0, 0.1) is 5.82 Å². The molecule has 5 nitrogen and oxygen atoms in total. The largest absolute Gasteiger partial charge is 0.489 e. The molecule has 0 spiro atoms. The van der Waals surface area contributed by atoms with Crippen molar-refractivity contribution in [1.29, 1.82) is 0 Å². The maximum atomic E-state index is 14.6. The van der Waals surface area contributed by atoms with E-state index in [2.05, 4.69) is 4.99 Å². The van der Waals surface area contributed by atoms with Gasteiger partial charge >= 0.3 is 6.18 Å². The van der Waals surface area contributed by atoms with Crippen LogP contribution in [0.1, 0.15) is 20.8 Å². The number of aliphatic imine (C=N–C) groups is 1. The van der Waals surface area contributed by atoms with Gasteiger partial charge in [0.1, 0.15) is 17.3 Å². The van der Waals surface area contributed by atoms with E-state index in [0.717, 1.165) is 15.9 Å². The second kappa shape index (κ2) is 6.70. The number of halogens is 5. The Labute approximate surface area is 157 Å². The van der Waals surface area contributed by atoms with E-state index < -0.39 is 29.6 Å². The molecule has 1 aromatic carbocycles. The van der Waals surface area contributed by atoms with Crippen molar-refractivity contribution in [1.82, 2.24) is 4.90 Å². The topological polar surface area (TPSA) is 45.1 Å². The molecule has 2 heterocycles. The first-order valence-corrected chi connectivity index (χ1v) is 8.51. The zero-order valence-corrected chi connectivity index (χ0v) is 15.4. The number of benzene rings is 1. The van der Waals surface area contributed by atoms with Crippen LogP contribution in [-0.2, 0) is 4.79 Å². The van der Waals surface area contributed by atoms with Gasteiger partial charge in [-0.1, -0.05) is 11.6 Å². The van der Waals surface area contributed by atoms with E-state index >= 15 is 0 Å². The summed E-state index contributed by atoms with van der Waals surface area (Å²) in [6.07, 6.45) is -4.58. The molecule has 0 saturated carbocycles. The summed E-state index contributed by atoms with van der Waals surface area (Å²) in [6.45, 7) is 4.99. The lowest BCUT2D eigenvalue weighted by molar-refractivity contribution is -0.119. The van der Waals surface area contributed by atoms with Gasteiger partial charge in [-0.2, -0.15) is 13.2 Å². The lowest BCUT2D eigenvalue weighted by atomic mass is 10.2. The maximum Gasteiger partial charge on any atom is 0.431 e. The fourth-order valence-corrected chi connectivity index (χ4v) is 3.09. The van der Waals surface area contributed by atoms with Gasteiger partial charge < -0.3 is 9.64 Å². The Morgan fingerprint density at radius 3 is 2.59 bits per heavy atom. The maximum absolute atomic E-state index is 14.6. The van der Waals surface area contributed by atoms with Crippen LogP contribution in [0.2, 0.25) is 5.02 Å². The molecular formula is C17H16ClF4N3O2. The van der Waals surface area contributed by atoms with E-state index in [-0.39, 0.29) is 35.1 Å². The van der Waals surface area contributed by atoms with E-state index in [1.165, 1.54) is 6.07 Å². The van der Waals surface area contributed by atoms with Crippen molar-refractivity contribution in [2.45, 2.75) is 39.1 Å². The average molecular weight is 406 g/mol. The summed E-state index contributed by atoms with van der Waals surface area (Å²) in [4.78, 5) is 18.2. The fourth-order valence-electron chi connectivity index (χ4n) is 2.89. The number of amides is 1. The van der Waals surface area contributed by atoms with E-state index in [0.29, 0.717) is 6.08 Å². The van der Waals surface area contributed by atoms with Crippen LogP contribution in [0.5, 0.6) is 5.75 Å². The van der Waals surface area contributed by atoms with Crippen molar-refractivity contribution < 1.29 is 27.1 Å². The number of carbonyl (C=O) groups excluding carboxylic acids is 1. The minimum Gasteiger partial charge on any atom is -0.489 e. The molecule has 1 unspecified atom stereocenters. The van der Waals surface area contributed by atoms with Crippen LogP contribution in [0.3, 0.4) is 0 Å². The monoisotopic (exact) mass is 405 g/mol. The van der Waals surface area contributed by atoms with Crippen LogP contribution in [-0.4, -0.2) is 41.6 Å². The third kappa shape index (κ3) is 3.60. The van der Waals surface area contributed by atoms with E-state index in [9.17, 15) is 22.4 Å². The number of hydrogen-bond acceptors (Lipinski definition) is 4. The molecule has 2 aliphatic heterocycles. The molecule has 0 aromatic heterocycles. The number of hydrogen-bond donors (Lipinski definition) is 0. The first-order valence-electron chi connectivity index (χ1n) is 8.13. The number of carbonyl (C=O) groups is 1. The summed E-state index contributed by atoms with van der Waals surface area (Å²) >= 11 is 5.97. The van der Waals surface area contributed by atoms with E-state index in [4.69, 9.17) is 16.3 Å². The fraction of sp³-hybridized carbons (Fsp3) is 0.412. The standard InChI is InChI=1S/C17H16ClF4N3O2/c1-8(2)27-13-5-12(11(19)4-10(13)18)25-15(26)6-14(17(20,21)22)24-7-9(3)23-16(24)25/h4-6,8-9H,7H2,1-3H3. The molecule has 0 radical (unpaired) electrons. The van der Waals surface area contributed by atoms with Gasteiger partial charge in [-0.15, -0.1) is 0 Å². The number of rotatable bonds is 3. The average Bonchev–Trinajstić information content (AvgIpc) is 2.89. The van der Waals surface area contributed by atoms with Crippen molar-refractivity contribution in [3.05, 3.63) is 34.7 Å². The summed E-state index contributed by atoms with van der Waals surface area (Å²) in [5.41, 5.74) is -1.41. The van der Waals surface area contributed by atoms with Gasteiger partial charge in [-0.05, 0) is 26.8 Å². The number of alkyl halides is 3. The number of nitrogens with zero attached hydrogens (tertiary/aromatic N) is 3. The first-order chi connectivity index (χ1) is 12.5. The predicted molar refractivity (Wildman–Crippen MR) is 92.4 cm³/mol. The van der Waals surface area contributed by atoms with E-state index in [1.807, 2.05) is 0 Å². The second-order valence-corrected chi connectivity index (χ2v) is 6.90. The van der Waals surface area contributed by atoms with Gasteiger partial charge in [-0.3, -0.25) is 4.79 Å². The molecular weight excluding hydrogens is 390 g/mol.